The van der Waals surface area contributed by atoms with Gasteiger partial charge in [0.15, 0.2) is 0 Å². The summed E-state index contributed by atoms with van der Waals surface area (Å²) < 4.78 is 35.2. The minimum atomic E-state index is -3.95. The van der Waals surface area contributed by atoms with Gasteiger partial charge in [-0.05, 0) is 49.2 Å². The monoisotopic (exact) mass is 514 g/mol. The van der Waals surface area contributed by atoms with E-state index in [0.717, 1.165) is 4.68 Å². The number of rotatable bonds is 11. The van der Waals surface area contributed by atoms with Crippen molar-refractivity contribution in [1.82, 2.24) is 29.7 Å². The molecule has 12 heteroatoms. The van der Waals surface area contributed by atoms with Crippen molar-refractivity contribution in [1.29, 1.82) is 0 Å². The van der Waals surface area contributed by atoms with Gasteiger partial charge in [0.1, 0.15) is 11.9 Å². The van der Waals surface area contributed by atoms with E-state index in [4.69, 9.17) is 4.74 Å². The van der Waals surface area contributed by atoms with Crippen molar-refractivity contribution in [3.63, 3.8) is 0 Å². The lowest BCUT2D eigenvalue weighted by molar-refractivity contribution is 0.0884. The van der Waals surface area contributed by atoms with E-state index in [1.165, 1.54) is 35.5 Å². The Hall–Kier alpha value is -3.77. The summed E-state index contributed by atoms with van der Waals surface area (Å²) >= 11 is 0. The normalized spacial score (nSPS) is 12.1. The average molecular weight is 515 g/mol. The zero-order valence-corrected chi connectivity index (χ0v) is 21.2. The van der Waals surface area contributed by atoms with Gasteiger partial charge in [0.05, 0.1) is 29.3 Å². The average Bonchev–Trinajstić information content (AvgIpc) is 3.44. The van der Waals surface area contributed by atoms with Crippen LogP contribution >= 0.6 is 0 Å². The highest BCUT2D eigenvalue weighted by molar-refractivity contribution is 7.89. The second-order valence-electron chi connectivity index (χ2n) is 7.89. The second kappa shape index (κ2) is 12.3. The third kappa shape index (κ3) is 6.67. The summed E-state index contributed by atoms with van der Waals surface area (Å²) in [5.74, 6) is -0.330. The second-order valence-corrected chi connectivity index (χ2v) is 9.66. The molecule has 0 saturated carbocycles. The summed E-state index contributed by atoms with van der Waals surface area (Å²) in [5.41, 5.74) is 0.597. The molecule has 2 N–H and O–H groups in total. The number of hydrogen-bond donors (Lipinski definition) is 2. The smallest absolute Gasteiger partial charge is 0.346 e. The third-order valence-corrected chi connectivity index (χ3v) is 6.69. The largest absolute Gasteiger partial charge is 0.493 e. The predicted molar refractivity (Wildman–Crippen MR) is 133 cm³/mol. The van der Waals surface area contributed by atoms with E-state index in [0.29, 0.717) is 25.1 Å². The van der Waals surface area contributed by atoms with E-state index in [1.54, 1.807) is 37.5 Å². The number of ether oxygens (including phenoxy) is 1. The van der Waals surface area contributed by atoms with Crippen LogP contribution in [0, 0.1) is 0 Å². The molecule has 2 amide bonds. The third-order valence-electron chi connectivity index (χ3n) is 5.29. The van der Waals surface area contributed by atoms with Gasteiger partial charge < -0.3 is 15.0 Å². The fourth-order valence-electron chi connectivity index (χ4n) is 3.33. The van der Waals surface area contributed by atoms with E-state index in [1.807, 2.05) is 13.8 Å². The molecule has 11 nitrogen and oxygen atoms in total. The molecule has 2 aromatic heterocycles. The van der Waals surface area contributed by atoms with Gasteiger partial charge >= 0.3 is 6.03 Å². The van der Waals surface area contributed by atoms with Gasteiger partial charge in [-0.3, -0.25) is 9.78 Å². The first kappa shape index (κ1) is 26.8. The summed E-state index contributed by atoms with van der Waals surface area (Å²) in [4.78, 5) is 31.3. The molecule has 0 spiro atoms. The van der Waals surface area contributed by atoms with Crippen LogP contribution in [0.15, 0.2) is 66.0 Å². The number of benzene rings is 1. The Labute approximate surface area is 210 Å². The minimum absolute atomic E-state index is 0.00294. The number of nitrogens with one attached hydrogen (secondary N) is 2. The van der Waals surface area contributed by atoms with Crippen LogP contribution in [0.25, 0.3) is 0 Å². The van der Waals surface area contributed by atoms with Crippen molar-refractivity contribution in [2.24, 2.45) is 0 Å². The first-order valence-electron chi connectivity index (χ1n) is 11.5. The molecule has 3 rings (SSSR count). The number of amides is 2. The van der Waals surface area contributed by atoms with Crippen molar-refractivity contribution in [3.05, 3.63) is 72.3 Å². The highest BCUT2D eigenvalue weighted by atomic mass is 32.2. The Morgan fingerprint density at radius 2 is 1.94 bits per heavy atom. The van der Waals surface area contributed by atoms with Crippen LogP contribution in [0.1, 0.15) is 42.7 Å². The molecule has 0 bridgehead atoms. The molecule has 0 aliphatic heterocycles. The molecule has 0 fully saturated rings. The van der Waals surface area contributed by atoms with Gasteiger partial charge in [-0.2, -0.15) is 9.78 Å². The lowest BCUT2D eigenvalue weighted by Crippen LogP contribution is -2.50. The lowest BCUT2D eigenvalue weighted by atomic mass is 10.1. The Bertz CT molecular complexity index is 1270. The summed E-state index contributed by atoms with van der Waals surface area (Å²) in [7, 11) is -2.40. The number of carbonyl (C=O) groups is 2. The van der Waals surface area contributed by atoms with Gasteiger partial charge in [0.25, 0.3) is 5.91 Å². The quantitative estimate of drug-likeness (QED) is 0.376. The summed E-state index contributed by atoms with van der Waals surface area (Å²) in [5, 5.41) is 6.73. The molecular weight excluding hydrogens is 484 g/mol. The molecule has 2 heterocycles. The lowest BCUT2D eigenvalue weighted by Gasteiger charge is -2.28. The van der Waals surface area contributed by atoms with Gasteiger partial charge in [0.2, 0.25) is 10.0 Å². The SMILES string of the molecule is CCCOc1ccc(S(=O)(=O)NCc2ccccn2)cc1C(=O)NC(CC)N(C)C(=O)n1cccn1. The Morgan fingerprint density at radius 3 is 2.58 bits per heavy atom. The maximum Gasteiger partial charge on any atom is 0.346 e. The number of carbonyl (C=O) groups excluding carboxylic acids is 2. The standard InChI is InChI=1S/C24H30N6O5S/c1-4-15-35-21-11-10-19(36(33,34)27-17-18-9-6-7-12-25-18)16-20(21)23(31)28-22(5-2)29(3)24(32)30-14-8-13-26-30/h6-14,16,22,27H,4-5,15,17H2,1-3H3,(H,28,31). The minimum Gasteiger partial charge on any atom is -0.493 e. The molecule has 0 aliphatic carbocycles. The van der Waals surface area contributed by atoms with Crippen LogP contribution in [0.4, 0.5) is 4.79 Å². The van der Waals surface area contributed by atoms with Gasteiger partial charge in [0, 0.05) is 25.6 Å². The molecule has 36 heavy (non-hydrogen) atoms. The van der Waals surface area contributed by atoms with Crippen LogP contribution in [-0.4, -0.2) is 59.8 Å². The predicted octanol–water partition coefficient (Wildman–Crippen LogP) is 2.61. The van der Waals surface area contributed by atoms with E-state index in [-0.39, 0.29) is 22.8 Å². The van der Waals surface area contributed by atoms with E-state index >= 15 is 0 Å². The molecule has 0 saturated heterocycles. The number of pyridine rings is 1. The number of aromatic nitrogens is 3. The van der Waals surface area contributed by atoms with Crippen LogP contribution in [0.3, 0.4) is 0 Å². The fraction of sp³-hybridized carbons (Fsp3) is 0.333. The summed E-state index contributed by atoms with van der Waals surface area (Å²) in [6.45, 7) is 4.08. The Balaban J connectivity index is 1.84. The first-order chi connectivity index (χ1) is 17.3. The molecule has 1 unspecified atom stereocenters. The zero-order chi connectivity index (χ0) is 26.1. The highest BCUT2D eigenvalue weighted by Gasteiger charge is 2.25. The van der Waals surface area contributed by atoms with Gasteiger partial charge in [-0.1, -0.05) is 19.9 Å². The first-order valence-corrected chi connectivity index (χ1v) is 13.0. The van der Waals surface area contributed by atoms with Crippen LogP contribution < -0.4 is 14.8 Å². The summed E-state index contributed by atoms with van der Waals surface area (Å²) in [6, 6.07) is 10.5. The fourth-order valence-corrected chi connectivity index (χ4v) is 4.35. The maximum atomic E-state index is 13.3. The van der Waals surface area contributed by atoms with Crippen LogP contribution in [-0.2, 0) is 16.6 Å². The molecule has 0 aliphatic rings. The number of nitrogens with zero attached hydrogens (tertiary/aromatic N) is 4. The molecule has 1 aromatic carbocycles. The Kier molecular flexibility index (Phi) is 9.14. The maximum absolute atomic E-state index is 13.3. The van der Waals surface area contributed by atoms with Crippen molar-refractivity contribution >= 4 is 22.0 Å². The highest BCUT2D eigenvalue weighted by Crippen LogP contribution is 2.24. The molecule has 3 aromatic rings. The van der Waals surface area contributed by atoms with Crippen molar-refractivity contribution in [2.75, 3.05) is 13.7 Å². The van der Waals surface area contributed by atoms with Gasteiger partial charge in [-0.25, -0.2) is 17.9 Å². The summed E-state index contributed by atoms with van der Waals surface area (Å²) in [6.07, 6.45) is 5.00. The van der Waals surface area contributed by atoms with Crippen LogP contribution in [0.5, 0.6) is 5.75 Å². The molecular formula is C24H30N6O5S. The topological polar surface area (TPSA) is 136 Å². The van der Waals surface area contributed by atoms with Crippen molar-refractivity contribution in [3.8, 4) is 5.75 Å². The number of hydrogen-bond acceptors (Lipinski definition) is 7. The van der Waals surface area contributed by atoms with Crippen molar-refractivity contribution < 1.29 is 22.7 Å². The van der Waals surface area contributed by atoms with E-state index < -0.39 is 28.1 Å². The molecule has 192 valence electrons. The van der Waals surface area contributed by atoms with E-state index in [9.17, 15) is 18.0 Å². The van der Waals surface area contributed by atoms with E-state index in [2.05, 4.69) is 20.1 Å². The zero-order valence-electron chi connectivity index (χ0n) is 20.4. The van der Waals surface area contributed by atoms with Crippen LogP contribution in [0.2, 0.25) is 0 Å². The molecule has 0 radical (unpaired) electrons. The van der Waals surface area contributed by atoms with Crippen molar-refractivity contribution in [2.45, 2.75) is 44.3 Å². The number of sulfonamides is 1. The van der Waals surface area contributed by atoms with Gasteiger partial charge in [-0.15, -0.1) is 0 Å². The molecule has 1 atom stereocenters. The Morgan fingerprint density at radius 1 is 1.14 bits per heavy atom.